The van der Waals surface area contributed by atoms with E-state index >= 15 is 0 Å². The molecular weight excluding hydrogens is 380 g/mol. The summed E-state index contributed by atoms with van der Waals surface area (Å²) in [4.78, 5) is 40.3. The van der Waals surface area contributed by atoms with Crippen molar-refractivity contribution in [1.82, 2.24) is 20.7 Å². The first-order chi connectivity index (χ1) is 14.5. The van der Waals surface area contributed by atoms with Crippen LogP contribution in [0.25, 0.3) is 0 Å². The second kappa shape index (κ2) is 8.76. The summed E-state index contributed by atoms with van der Waals surface area (Å²) < 4.78 is 0. The van der Waals surface area contributed by atoms with E-state index in [0.29, 0.717) is 24.8 Å². The van der Waals surface area contributed by atoms with Gasteiger partial charge in [-0.25, -0.2) is 4.79 Å². The standard InChI is InChI=1S/C23H32N4O3/c1-23(14-13-17-8-3-2-4-9-17)21(29)27(22(30)24-23)25-20(28)16-26-15-7-11-18-10-5-6-12-19(18)26/h2-4,8-9,18-19H,5-7,10-16H2,1H3,(H,24,30)(H,25,28)/t18-,19+,23-/m1/s1. The first-order valence-electron chi connectivity index (χ1n) is 11.2. The minimum atomic E-state index is -1.01. The Morgan fingerprint density at radius 2 is 1.87 bits per heavy atom. The molecule has 7 nitrogen and oxygen atoms in total. The van der Waals surface area contributed by atoms with Gasteiger partial charge in [0, 0.05) is 6.04 Å². The van der Waals surface area contributed by atoms with Crippen molar-refractivity contribution < 1.29 is 14.4 Å². The van der Waals surface area contributed by atoms with Gasteiger partial charge >= 0.3 is 6.03 Å². The minimum Gasteiger partial charge on any atom is -0.322 e. The monoisotopic (exact) mass is 412 g/mol. The van der Waals surface area contributed by atoms with Crippen LogP contribution in [0.15, 0.2) is 30.3 Å². The molecule has 0 bridgehead atoms. The normalized spacial score (nSPS) is 29.4. The molecule has 2 aliphatic heterocycles. The molecule has 0 spiro atoms. The van der Waals surface area contributed by atoms with Gasteiger partial charge in [-0.2, -0.15) is 5.01 Å². The molecule has 162 valence electrons. The molecule has 1 aromatic rings. The third-order valence-corrected chi connectivity index (χ3v) is 6.96. The Hall–Kier alpha value is -2.41. The lowest BCUT2D eigenvalue weighted by atomic mass is 9.78. The van der Waals surface area contributed by atoms with Crippen molar-refractivity contribution in [3.63, 3.8) is 0 Å². The number of hydrazine groups is 1. The number of fused-ring (bicyclic) bond motifs is 1. The van der Waals surface area contributed by atoms with E-state index in [9.17, 15) is 14.4 Å². The van der Waals surface area contributed by atoms with E-state index in [1.807, 2.05) is 30.3 Å². The van der Waals surface area contributed by atoms with Crippen LogP contribution in [-0.2, 0) is 16.0 Å². The van der Waals surface area contributed by atoms with Crippen LogP contribution < -0.4 is 10.7 Å². The maximum atomic E-state index is 12.9. The highest BCUT2D eigenvalue weighted by Crippen LogP contribution is 2.35. The zero-order valence-corrected chi connectivity index (χ0v) is 17.7. The summed E-state index contributed by atoms with van der Waals surface area (Å²) in [5.74, 6) is -0.0127. The van der Waals surface area contributed by atoms with Gasteiger partial charge in [0.2, 0.25) is 0 Å². The molecule has 1 aliphatic carbocycles. The summed E-state index contributed by atoms with van der Waals surface area (Å²) in [5.41, 5.74) is 2.66. The van der Waals surface area contributed by atoms with Crippen LogP contribution in [0.5, 0.6) is 0 Å². The van der Waals surface area contributed by atoms with Crippen LogP contribution in [0.4, 0.5) is 4.79 Å². The van der Waals surface area contributed by atoms with Crippen LogP contribution >= 0.6 is 0 Å². The van der Waals surface area contributed by atoms with Crippen molar-refractivity contribution in [3.8, 4) is 0 Å². The molecule has 0 aromatic heterocycles. The number of hydrogen-bond donors (Lipinski definition) is 2. The molecule has 1 aromatic carbocycles. The van der Waals surface area contributed by atoms with Gasteiger partial charge in [-0.15, -0.1) is 0 Å². The lowest BCUT2D eigenvalue weighted by Crippen LogP contribution is -2.54. The number of imide groups is 1. The first-order valence-corrected chi connectivity index (χ1v) is 11.2. The number of hydrogen-bond acceptors (Lipinski definition) is 4. The molecule has 2 heterocycles. The van der Waals surface area contributed by atoms with Crippen molar-refractivity contribution in [2.45, 2.75) is 69.9 Å². The van der Waals surface area contributed by atoms with Crippen molar-refractivity contribution in [3.05, 3.63) is 35.9 Å². The Balaban J connectivity index is 1.34. The lowest BCUT2D eigenvalue weighted by molar-refractivity contribution is -0.139. The zero-order chi connectivity index (χ0) is 21.1. The fourth-order valence-corrected chi connectivity index (χ4v) is 5.26. The molecule has 4 rings (SSSR count). The molecule has 0 unspecified atom stereocenters. The van der Waals surface area contributed by atoms with E-state index < -0.39 is 17.5 Å². The van der Waals surface area contributed by atoms with Crippen molar-refractivity contribution in [2.24, 2.45) is 5.92 Å². The highest BCUT2D eigenvalue weighted by molar-refractivity contribution is 6.07. The highest BCUT2D eigenvalue weighted by Gasteiger charge is 2.48. The summed E-state index contributed by atoms with van der Waals surface area (Å²) in [5, 5.41) is 3.63. The number of nitrogens with zero attached hydrogens (tertiary/aromatic N) is 2. The van der Waals surface area contributed by atoms with E-state index in [2.05, 4.69) is 15.6 Å². The molecule has 30 heavy (non-hydrogen) atoms. The number of carbonyl (C=O) groups is 3. The first kappa shape index (κ1) is 20.8. The third kappa shape index (κ3) is 4.36. The Morgan fingerprint density at radius 3 is 2.67 bits per heavy atom. The molecule has 2 N–H and O–H groups in total. The number of aryl methyl sites for hydroxylation is 1. The number of urea groups is 1. The quantitative estimate of drug-likeness (QED) is 0.704. The fraction of sp³-hybridized carbons (Fsp3) is 0.609. The Bertz CT molecular complexity index is 797. The Labute approximate surface area is 178 Å². The molecule has 1 saturated carbocycles. The molecule has 3 fully saturated rings. The van der Waals surface area contributed by atoms with E-state index in [0.717, 1.165) is 30.0 Å². The predicted molar refractivity (Wildman–Crippen MR) is 113 cm³/mol. The molecule has 3 atom stereocenters. The molecule has 3 aliphatic rings. The lowest BCUT2D eigenvalue weighted by Gasteiger charge is -2.43. The van der Waals surface area contributed by atoms with Gasteiger partial charge in [0.15, 0.2) is 0 Å². The Kier molecular flexibility index (Phi) is 6.09. The average molecular weight is 413 g/mol. The zero-order valence-electron chi connectivity index (χ0n) is 17.7. The molecule has 0 radical (unpaired) electrons. The van der Waals surface area contributed by atoms with Crippen LogP contribution in [0, 0.1) is 5.92 Å². The van der Waals surface area contributed by atoms with E-state index in [1.54, 1.807) is 6.92 Å². The fourth-order valence-electron chi connectivity index (χ4n) is 5.26. The molecule has 7 heteroatoms. The number of nitrogens with one attached hydrogen (secondary N) is 2. The SMILES string of the molecule is C[C@]1(CCc2ccccc2)NC(=O)N(NC(=O)CN2CCC[C@H]3CCCC[C@@H]32)C1=O. The van der Waals surface area contributed by atoms with E-state index in [4.69, 9.17) is 0 Å². The van der Waals surface area contributed by atoms with Gasteiger partial charge in [0.25, 0.3) is 11.8 Å². The van der Waals surface area contributed by atoms with Gasteiger partial charge in [-0.3, -0.25) is 19.9 Å². The van der Waals surface area contributed by atoms with E-state index in [1.165, 1.54) is 25.7 Å². The highest BCUT2D eigenvalue weighted by atomic mass is 16.2. The second-order valence-corrected chi connectivity index (χ2v) is 9.15. The summed E-state index contributed by atoms with van der Waals surface area (Å²) in [6.07, 6.45) is 8.38. The van der Waals surface area contributed by atoms with Crippen molar-refractivity contribution in [1.29, 1.82) is 0 Å². The summed E-state index contributed by atoms with van der Waals surface area (Å²) in [6, 6.07) is 9.76. The number of piperidine rings is 1. The molecular formula is C23H32N4O3. The molecule has 4 amide bonds. The van der Waals surface area contributed by atoms with Crippen molar-refractivity contribution in [2.75, 3.05) is 13.1 Å². The summed E-state index contributed by atoms with van der Waals surface area (Å²) in [6.45, 7) is 2.86. The maximum absolute atomic E-state index is 12.9. The van der Waals surface area contributed by atoms with Crippen LogP contribution in [0.1, 0.15) is 57.4 Å². The number of likely N-dealkylation sites (tertiary alicyclic amines) is 1. The number of carbonyl (C=O) groups excluding carboxylic acids is 3. The average Bonchev–Trinajstić information content (AvgIpc) is 2.97. The molecule has 2 saturated heterocycles. The van der Waals surface area contributed by atoms with Gasteiger partial charge in [0.05, 0.1) is 6.54 Å². The Morgan fingerprint density at radius 1 is 1.13 bits per heavy atom. The number of rotatable bonds is 6. The largest absolute Gasteiger partial charge is 0.344 e. The van der Waals surface area contributed by atoms with Crippen LogP contribution in [-0.4, -0.2) is 52.4 Å². The number of benzene rings is 1. The predicted octanol–water partition coefficient (Wildman–Crippen LogP) is 2.62. The van der Waals surface area contributed by atoms with Crippen LogP contribution in [0.3, 0.4) is 0 Å². The minimum absolute atomic E-state index is 0.235. The summed E-state index contributed by atoms with van der Waals surface area (Å²) in [7, 11) is 0. The van der Waals surface area contributed by atoms with Gasteiger partial charge in [-0.05, 0) is 63.5 Å². The van der Waals surface area contributed by atoms with Crippen LogP contribution in [0.2, 0.25) is 0 Å². The van der Waals surface area contributed by atoms with E-state index in [-0.39, 0.29) is 12.5 Å². The second-order valence-electron chi connectivity index (χ2n) is 9.15. The summed E-state index contributed by atoms with van der Waals surface area (Å²) >= 11 is 0. The maximum Gasteiger partial charge on any atom is 0.344 e. The van der Waals surface area contributed by atoms with Gasteiger partial charge in [0.1, 0.15) is 5.54 Å². The smallest absolute Gasteiger partial charge is 0.322 e. The van der Waals surface area contributed by atoms with Gasteiger partial charge in [-0.1, -0.05) is 43.2 Å². The van der Waals surface area contributed by atoms with Crippen molar-refractivity contribution >= 4 is 17.8 Å². The topological polar surface area (TPSA) is 81.8 Å². The third-order valence-electron chi connectivity index (χ3n) is 6.96. The van der Waals surface area contributed by atoms with Gasteiger partial charge < -0.3 is 5.32 Å². The number of amides is 4.